The molecule has 1 aliphatic heterocycles. The summed E-state index contributed by atoms with van der Waals surface area (Å²) < 4.78 is 41.1. The van der Waals surface area contributed by atoms with E-state index in [1.165, 1.54) is 6.07 Å². The lowest BCUT2D eigenvalue weighted by molar-refractivity contribution is -0.115. The maximum absolute atomic E-state index is 14.1. The van der Waals surface area contributed by atoms with E-state index in [0.29, 0.717) is 38.4 Å². The molecule has 7 nitrogen and oxygen atoms in total. The first kappa shape index (κ1) is 27.4. The summed E-state index contributed by atoms with van der Waals surface area (Å²) in [6.07, 6.45) is 0. The first-order valence-electron chi connectivity index (χ1n) is 12.0. The lowest BCUT2D eigenvalue weighted by Crippen LogP contribution is -2.18. The number of imide groups is 1. The van der Waals surface area contributed by atoms with E-state index >= 15 is 0 Å². The number of amides is 2. The van der Waals surface area contributed by atoms with Crippen LogP contribution in [0.1, 0.15) is 12.5 Å². The molecule has 1 fully saturated rings. The minimum atomic E-state index is -1.05. The fourth-order valence-electron chi connectivity index (χ4n) is 4.40. The second-order valence-corrected chi connectivity index (χ2v) is 10.2. The van der Waals surface area contributed by atoms with Crippen LogP contribution in [0.2, 0.25) is 5.02 Å². The number of carbonyl (C=O) groups is 2. The molecule has 1 saturated heterocycles. The number of fused-ring (bicyclic) bond motifs is 1. The van der Waals surface area contributed by atoms with Gasteiger partial charge in [0.1, 0.15) is 19.0 Å². The summed E-state index contributed by atoms with van der Waals surface area (Å²) in [6, 6.07) is 15.3. The predicted octanol–water partition coefficient (Wildman–Crippen LogP) is 6.31. The zero-order valence-electron chi connectivity index (χ0n) is 21.2. The number of pyridine rings is 1. The summed E-state index contributed by atoms with van der Waals surface area (Å²) in [7, 11) is 1.71. The number of benzene rings is 3. The molecular formula is C29H21ClF2N2O5S. The number of rotatable bonds is 7. The van der Waals surface area contributed by atoms with E-state index in [1.54, 1.807) is 61.0 Å². The number of allylic oxidation sites excluding steroid dienone is 1. The van der Waals surface area contributed by atoms with Crippen LogP contribution in [0, 0.1) is 11.6 Å². The minimum Gasteiger partial charge on any atom is -0.488 e. The van der Waals surface area contributed by atoms with E-state index in [2.05, 4.69) is 5.32 Å². The van der Waals surface area contributed by atoms with Crippen molar-refractivity contribution in [3.8, 4) is 22.8 Å². The Bertz CT molecular complexity index is 1790. The highest BCUT2D eigenvalue weighted by atomic mass is 35.5. The van der Waals surface area contributed by atoms with E-state index in [1.807, 2.05) is 0 Å². The number of halogens is 3. The maximum atomic E-state index is 14.1. The Morgan fingerprint density at radius 3 is 2.42 bits per heavy atom. The topological polar surface area (TPSA) is 86.6 Å². The molecule has 40 heavy (non-hydrogen) atoms. The smallest absolute Gasteiger partial charge is 0.290 e. The molecular weight excluding hydrogens is 562 g/mol. The lowest BCUT2D eigenvalue weighted by atomic mass is 10.1. The van der Waals surface area contributed by atoms with Gasteiger partial charge in [-0.3, -0.25) is 19.7 Å². The third-order valence-electron chi connectivity index (χ3n) is 6.37. The molecule has 11 heteroatoms. The summed E-state index contributed by atoms with van der Waals surface area (Å²) in [6.45, 7) is 1.68. The number of ether oxygens (including phenoxy) is 2. The van der Waals surface area contributed by atoms with Crippen molar-refractivity contribution >= 4 is 51.0 Å². The molecule has 3 aromatic carbocycles. The van der Waals surface area contributed by atoms with Crippen molar-refractivity contribution in [2.24, 2.45) is 7.05 Å². The van der Waals surface area contributed by atoms with Gasteiger partial charge in [-0.15, -0.1) is 0 Å². The molecule has 1 aromatic heterocycles. The van der Waals surface area contributed by atoms with Crippen LogP contribution in [-0.4, -0.2) is 28.9 Å². The van der Waals surface area contributed by atoms with Crippen molar-refractivity contribution in [1.29, 1.82) is 0 Å². The van der Waals surface area contributed by atoms with Crippen LogP contribution in [0.25, 0.3) is 27.7 Å². The van der Waals surface area contributed by atoms with Gasteiger partial charge in [-0.05, 0) is 72.3 Å². The van der Waals surface area contributed by atoms with Gasteiger partial charge in [0.2, 0.25) is 5.43 Å². The third-order valence-corrected chi connectivity index (χ3v) is 7.65. The molecule has 1 N–H and O–H groups in total. The third kappa shape index (κ3) is 5.20. The molecule has 1 aliphatic rings. The number of aryl methyl sites for hydroxylation is 1. The van der Waals surface area contributed by atoms with Crippen LogP contribution in [0.4, 0.5) is 13.6 Å². The number of thioether (sulfide) groups is 1. The molecule has 0 radical (unpaired) electrons. The highest BCUT2D eigenvalue weighted by molar-refractivity contribution is 8.18. The molecule has 0 bridgehead atoms. The number of para-hydroxylation sites is 1. The summed E-state index contributed by atoms with van der Waals surface area (Å²) in [4.78, 5) is 37.1. The summed E-state index contributed by atoms with van der Waals surface area (Å²) in [5, 5.41) is 2.48. The summed E-state index contributed by atoms with van der Waals surface area (Å²) >= 11 is 7.23. The number of nitrogens with one attached hydrogen (secondary N) is 1. The van der Waals surface area contributed by atoms with Crippen LogP contribution in [0.5, 0.6) is 11.5 Å². The predicted molar refractivity (Wildman–Crippen MR) is 151 cm³/mol. The van der Waals surface area contributed by atoms with E-state index in [-0.39, 0.29) is 29.5 Å². The van der Waals surface area contributed by atoms with Crippen molar-refractivity contribution in [1.82, 2.24) is 9.88 Å². The number of hydrogen-bond acceptors (Lipinski definition) is 6. The van der Waals surface area contributed by atoms with Gasteiger partial charge in [-0.1, -0.05) is 29.8 Å². The number of aromatic nitrogens is 1. The van der Waals surface area contributed by atoms with E-state index in [4.69, 9.17) is 21.1 Å². The fraction of sp³-hybridized carbons (Fsp3) is 0.138. The van der Waals surface area contributed by atoms with E-state index < -0.39 is 28.2 Å². The molecule has 0 spiro atoms. The standard InChI is InChI=1S/C29H21ClF2N2O5S/c1-15(27-28(36)33-29(37)40-27)16-8-10-23(19(30)13-16)38-11-12-39-26-24(17-7-9-20(31)21(32)14-17)34(2)22-6-4-3-5-18(22)25(26)35/h3-10,13-14H,11-12H2,1-2H3,(H,33,36,37)/b27-15-. The van der Waals surface area contributed by atoms with Gasteiger partial charge >= 0.3 is 0 Å². The lowest BCUT2D eigenvalue weighted by Gasteiger charge is -2.18. The Hall–Kier alpha value is -4.15. The van der Waals surface area contributed by atoms with Crippen LogP contribution in [0.15, 0.2) is 70.4 Å². The second-order valence-electron chi connectivity index (χ2n) is 8.85. The fourth-order valence-corrected chi connectivity index (χ4v) is 5.38. The zero-order valence-corrected chi connectivity index (χ0v) is 22.8. The second kappa shape index (κ2) is 11.1. The summed E-state index contributed by atoms with van der Waals surface area (Å²) in [5.41, 5.74) is 2.02. The molecule has 204 valence electrons. The number of hydrogen-bond donors (Lipinski definition) is 1. The normalized spacial score (nSPS) is 14.4. The Labute approximate surface area is 236 Å². The molecule has 5 rings (SSSR count). The van der Waals surface area contributed by atoms with Crippen molar-refractivity contribution in [2.45, 2.75) is 6.92 Å². The molecule has 2 amide bonds. The number of nitrogens with zero attached hydrogens (tertiary/aromatic N) is 1. The van der Waals surface area contributed by atoms with Crippen LogP contribution >= 0.6 is 23.4 Å². The van der Waals surface area contributed by atoms with Crippen LogP contribution < -0.4 is 20.2 Å². The largest absolute Gasteiger partial charge is 0.488 e. The molecule has 0 unspecified atom stereocenters. The number of carbonyl (C=O) groups excluding carboxylic acids is 2. The average Bonchev–Trinajstić information content (AvgIpc) is 3.28. The molecule has 0 aliphatic carbocycles. The van der Waals surface area contributed by atoms with E-state index in [0.717, 1.165) is 23.9 Å². The van der Waals surface area contributed by atoms with Gasteiger partial charge in [-0.2, -0.15) is 0 Å². The average molecular weight is 583 g/mol. The Morgan fingerprint density at radius 1 is 0.975 bits per heavy atom. The van der Waals surface area contributed by atoms with Gasteiger partial charge in [0, 0.05) is 18.0 Å². The molecule has 2 heterocycles. The Kier molecular flexibility index (Phi) is 7.64. The van der Waals surface area contributed by atoms with Crippen molar-refractivity contribution in [2.75, 3.05) is 13.2 Å². The molecule has 0 saturated carbocycles. The molecule has 0 atom stereocenters. The first-order valence-corrected chi connectivity index (χ1v) is 13.2. The quantitative estimate of drug-likeness (QED) is 0.203. The maximum Gasteiger partial charge on any atom is 0.290 e. The van der Waals surface area contributed by atoms with Crippen molar-refractivity contribution in [3.05, 3.63) is 98.0 Å². The van der Waals surface area contributed by atoms with Crippen LogP contribution in [0.3, 0.4) is 0 Å². The first-order chi connectivity index (χ1) is 19.2. The van der Waals surface area contributed by atoms with Gasteiger partial charge in [0.05, 0.1) is 21.1 Å². The highest BCUT2D eigenvalue weighted by Gasteiger charge is 2.27. The SMILES string of the molecule is C/C(=C1/SC(=O)NC1=O)c1ccc(OCCOc2c(-c3ccc(F)c(F)c3)n(C)c3ccccc3c2=O)c(Cl)c1. The zero-order chi connectivity index (χ0) is 28.6. The monoisotopic (exact) mass is 582 g/mol. The van der Waals surface area contributed by atoms with Gasteiger partial charge < -0.3 is 14.0 Å². The summed E-state index contributed by atoms with van der Waals surface area (Å²) in [5.74, 6) is -2.18. The Morgan fingerprint density at radius 2 is 1.73 bits per heavy atom. The van der Waals surface area contributed by atoms with Crippen molar-refractivity contribution in [3.63, 3.8) is 0 Å². The van der Waals surface area contributed by atoms with E-state index in [9.17, 15) is 23.2 Å². The van der Waals surface area contributed by atoms with Gasteiger partial charge in [0.15, 0.2) is 17.4 Å². The van der Waals surface area contributed by atoms with Gasteiger partial charge in [0.25, 0.3) is 11.1 Å². The van der Waals surface area contributed by atoms with Crippen molar-refractivity contribution < 1.29 is 27.8 Å². The molecule has 4 aromatic rings. The van der Waals surface area contributed by atoms with Gasteiger partial charge in [-0.25, -0.2) is 8.78 Å². The highest BCUT2D eigenvalue weighted by Crippen LogP contribution is 2.35. The Balaban J connectivity index is 1.37. The minimum absolute atomic E-state index is 0.0130. The van der Waals surface area contributed by atoms with Crippen LogP contribution in [-0.2, 0) is 11.8 Å².